The summed E-state index contributed by atoms with van der Waals surface area (Å²) in [5.41, 5.74) is 5.57. The number of nitrogens with one attached hydrogen (secondary N) is 1. The van der Waals surface area contributed by atoms with Crippen LogP contribution < -0.4 is 11.1 Å². The molecule has 2 rings (SSSR count). The van der Waals surface area contributed by atoms with Gasteiger partial charge in [-0.15, -0.1) is 24.8 Å². The molecule has 1 heterocycles. The van der Waals surface area contributed by atoms with Gasteiger partial charge in [0.2, 0.25) is 0 Å². The molecule has 110 valence electrons. The molecule has 0 aliphatic carbocycles. The summed E-state index contributed by atoms with van der Waals surface area (Å²) >= 11 is 0. The van der Waals surface area contributed by atoms with Gasteiger partial charge in [-0.05, 0) is 30.3 Å². The normalized spacial score (nSPS) is 10.2. The fourth-order valence-corrected chi connectivity index (χ4v) is 1.40. The second-order valence-electron chi connectivity index (χ2n) is 3.68. The third kappa shape index (κ3) is 4.79. The van der Waals surface area contributed by atoms with Gasteiger partial charge in [0.1, 0.15) is 5.82 Å². The standard InChI is InChI=1S/C12H10F3N3.2ClH/c13-12(14,15)8-2-1-3-10(6-8)18-11-5-4-9(16)7-17-11;;/h1-7H,16H2,(H,17,18);2*1H. The maximum absolute atomic E-state index is 12.5. The summed E-state index contributed by atoms with van der Waals surface area (Å²) in [7, 11) is 0. The Bertz CT molecular complexity index is 544. The summed E-state index contributed by atoms with van der Waals surface area (Å²) in [6, 6.07) is 8.12. The number of hydrogen-bond donors (Lipinski definition) is 2. The zero-order valence-corrected chi connectivity index (χ0v) is 11.6. The number of halogens is 5. The van der Waals surface area contributed by atoms with E-state index in [9.17, 15) is 13.2 Å². The Balaban J connectivity index is 0.00000180. The highest BCUT2D eigenvalue weighted by Gasteiger charge is 2.30. The molecule has 0 radical (unpaired) electrons. The highest BCUT2D eigenvalue weighted by molar-refractivity contribution is 5.85. The van der Waals surface area contributed by atoms with Crippen molar-refractivity contribution >= 4 is 42.0 Å². The van der Waals surface area contributed by atoms with Gasteiger partial charge in [-0.1, -0.05) is 6.07 Å². The van der Waals surface area contributed by atoms with Crippen LogP contribution in [0, 0.1) is 0 Å². The largest absolute Gasteiger partial charge is 0.416 e. The van der Waals surface area contributed by atoms with Crippen LogP contribution in [-0.4, -0.2) is 4.98 Å². The lowest BCUT2D eigenvalue weighted by Crippen LogP contribution is -2.05. The molecule has 0 aliphatic rings. The van der Waals surface area contributed by atoms with E-state index in [2.05, 4.69) is 10.3 Å². The fourth-order valence-electron chi connectivity index (χ4n) is 1.40. The molecule has 20 heavy (non-hydrogen) atoms. The molecular weight excluding hydrogens is 314 g/mol. The van der Waals surface area contributed by atoms with Crippen LogP contribution in [0.25, 0.3) is 0 Å². The lowest BCUT2D eigenvalue weighted by Gasteiger charge is -2.10. The third-order valence-corrected chi connectivity index (χ3v) is 2.25. The van der Waals surface area contributed by atoms with E-state index in [-0.39, 0.29) is 24.8 Å². The van der Waals surface area contributed by atoms with E-state index in [1.807, 2.05) is 0 Å². The Kier molecular flexibility index (Phi) is 6.61. The first-order chi connectivity index (χ1) is 8.45. The first kappa shape index (κ1) is 18.3. The van der Waals surface area contributed by atoms with E-state index in [1.165, 1.54) is 18.3 Å². The van der Waals surface area contributed by atoms with Crippen molar-refractivity contribution in [3.05, 3.63) is 48.2 Å². The maximum atomic E-state index is 12.5. The van der Waals surface area contributed by atoms with Gasteiger partial charge < -0.3 is 11.1 Å². The quantitative estimate of drug-likeness (QED) is 0.866. The molecule has 0 atom stereocenters. The predicted octanol–water partition coefficient (Wildman–Crippen LogP) is 4.27. The van der Waals surface area contributed by atoms with Crippen LogP contribution in [0.2, 0.25) is 0 Å². The molecule has 1 aromatic heterocycles. The van der Waals surface area contributed by atoms with E-state index in [0.717, 1.165) is 12.1 Å². The summed E-state index contributed by atoms with van der Waals surface area (Å²) in [4.78, 5) is 3.95. The van der Waals surface area contributed by atoms with Crippen molar-refractivity contribution in [3.63, 3.8) is 0 Å². The fraction of sp³-hybridized carbons (Fsp3) is 0.0833. The van der Waals surface area contributed by atoms with Crippen molar-refractivity contribution in [2.24, 2.45) is 0 Å². The summed E-state index contributed by atoms with van der Waals surface area (Å²) in [5, 5.41) is 2.78. The lowest BCUT2D eigenvalue weighted by atomic mass is 10.2. The number of alkyl halides is 3. The topological polar surface area (TPSA) is 50.9 Å². The van der Waals surface area contributed by atoms with E-state index in [4.69, 9.17) is 5.73 Å². The lowest BCUT2D eigenvalue weighted by molar-refractivity contribution is -0.137. The zero-order valence-electron chi connectivity index (χ0n) is 10.0. The summed E-state index contributed by atoms with van der Waals surface area (Å²) in [6.45, 7) is 0. The third-order valence-electron chi connectivity index (χ3n) is 2.25. The highest BCUT2D eigenvalue weighted by Crippen LogP contribution is 2.31. The van der Waals surface area contributed by atoms with Crippen LogP contribution in [-0.2, 0) is 6.18 Å². The molecule has 1 aromatic carbocycles. The van der Waals surface area contributed by atoms with Crippen LogP contribution in [0.15, 0.2) is 42.6 Å². The Hall–Kier alpha value is -1.66. The molecule has 3 N–H and O–H groups in total. The Morgan fingerprint density at radius 1 is 1.05 bits per heavy atom. The number of nitrogens with two attached hydrogens (primary N) is 1. The number of pyridine rings is 1. The average molecular weight is 326 g/mol. The number of aromatic nitrogens is 1. The van der Waals surface area contributed by atoms with Crippen molar-refractivity contribution in [2.45, 2.75) is 6.18 Å². The van der Waals surface area contributed by atoms with E-state index in [0.29, 0.717) is 17.2 Å². The van der Waals surface area contributed by atoms with Gasteiger partial charge in [0.05, 0.1) is 17.4 Å². The number of benzene rings is 1. The van der Waals surface area contributed by atoms with Gasteiger partial charge in [0.15, 0.2) is 0 Å². The molecule has 2 aromatic rings. The number of nitrogens with zero attached hydrogens (tertiary/aromatic N) is 1. The number of hydrogen-bond acceptors (Lipinski definition) is 3. The second kappa shape index (κ2) is 7.21. The average Bonchev–Trinajstić information content (AvgIpc) is 2.31. The summed E-state index contributed by atoms with van der Waals surface area (Å²) in [6.07, 6.45) is -2.93. The monoisotopic (exact) mass is 325 g/mol. The first-order valence-electron chi connectivity index (χ1n) is 5.11. The van der Waals surface area contributed by atoms with Crippen molar-refractivity contribution < 1.29 is 13.2 Å². The molecule has 0 amide bonds. The molecule has 0 fully saturated rings. The van der Waals surface area contributed by atoms with Crippen LogP contribution in [0.3, 0.4) is 0 Å². The predicted molar refractivity (Wildman–Crippen MR) is 77.9 cm³/mol. The molecule has 3 nitrogen and oxygen atoms in total. The van der Waals surface area contributed by atoms with Gasteiger partial charge >= 0.3 is 6.18 Å². The van der Waals surface area contributed by atoms with Gasteiger partial charge in [-0.2, -0.15) is 13.2 Å². The number of nitrogen functional groups attached to an aromatic ring is 1. The maximum Gasteiger partial charge on any atom is 0.416 e. The highest BCUT2D eigenvalue weighted by atomic mass is 35.5. The molecule has 0 saturated carbocycles. The second-order valence-corrected chi connectivity index (χ2v) is 3.68. The minimum absolute atomic E-state index is 0. The Morgan fingerprint density at radius 3 is 2.30 bits per heavy atom. The SMILES string of the molecule is Cl.Cl.Nc1ccc(Nc2cccc(C(F)(F)F)c2)nc1. The van der Waals surface area contributed by atoms with Gasteiger partial charge in [-0.3, -0.25) is 0 Å². The molecule has 0 bridgehead atoms. The number of anilines is 3. The van der Waals surface area contributed by atoms with E-state index < -0.39 is 11.7 Å². The first-order valence-corrected chi connectivity index (χ1v) is 5.11. The van der Waals surface area contributed by atoms with Crippen LogP contribution in [0.5, 0.6) is 0 Å². The van der Waals surface area contributed by atoms with Crippen molar-refractivity contribution in [1.82, 2.24) is 4.98 Å². The van der Waals surface area contributed by atoms with E-state index >= 15 is 0 Å². The van der Waals surface area contributed by atoms with Crippen LogP contribution in [0.1, 0.15) is 5.56 Å². The van der Waals surface area contributed by atoms with Crippen molar-refractivity contribution in [3.8, 4) is 0 Å². The minimum Gasteiger partial charge on any atom is -0.397 e. The zero-order chi connectivity index (χ0) is 13.2. The van der Waals surface area contributed by atoms with Gasteiger partial charge in [0, 0.05) is 5.69 Å². The molecular formula is C12H12Cl2F3N3. The summed E-state index contributed by atoms with van der Waals surface area (Å²) in [5.74, 6) is 0.434. The van der Waals surface area contributed by atoms with E-state index in [1.54, 1.807) is 12.1 Å². The molecule has 0 spiro atoms. The number of rotatable bonds is 2. The van der Waals surface area contributed by atoms with Gasteiger partial charge in [-0.25, -0.2) is 4.98 Å². The molecule has 0 aliphatic heterocycles. The van der Waals surface area contributed by atoms with Crippen molar-refractivity contribution in [2.75, 3.05) is 11.1 Å². The molecule has 8 heteroatoms. The molecule has 0 unspecified atom stereocenters. The van der Waals surface area contributed by atoms with Crippen LogP contribution >= 0.6 is 24.8 Å². The van der Waals surface area contributed by atoms with Gasteiger partial charge in [0.25, 0.3) is 0 Å². The summed E-state index contributed by atoms with van der Waals surface area (Å²) < 4.78 is 37.5. The smallest absolute Gasteiger partial charge is 0.397 e. The Labute approximate surface area is 126 Å². The van der Waals surface area contributed by atoms with Crippen molar-refractivity contribution in [1.29, 1.82) is 0 Å². The molecule has 0 saturated heterocycles. The minimum atomic E-state index is -4.35. The van der Waals surface area contributed by atoms with Crippen LogP contribution in [0.4, 0.5) is 30.4 Å². The Morgan fingerprint density at radius 2 is 1.75 bits per heavy atom.